The summed E-state index contributed by atoms with van der Waals surface area (Å²) < 4.78 is 0. The molecule has 0 amide bonds. The van der Waals surface area contributed by atoms with Gasteiger partial charge in [-0.2, -0.15) is 0 Å². The van der Waals surface area contributed by atoms with Crippen LogP contribution in [-0.2, 0) is 6.54 Å². The zero-order valence-corrected chi connectivity index (χ0v) is 7.86. The predicted molar refractivity (Wildman–Crippen MR) is 54.5 cm³/mol. The highest BCUT2D eigenvalue weighted by Gasteiger charge is 2.05. The summed E-state index contributed by atoms with van der Waals surface area (Å²) >= 11 is 0. The van der Waals surface area contributed by atoms with Crippen LogP contribution in [0.2, 0.25) is 0 Å². The first kappa shape index (κ1) is 10.4. The van der Waals surface area contributed by atoms with Crippen LogP contribution >= 0.6 is 0 Å². The number of hydrogen-bond donors (Lipinski definition) is 1. The molecule has 1 aromatic heterocycles. The Morgan fingerprint density at radius 3 is 3.07 bits per heavy atom. The molecule has 2 N–H and O–H groups in total. The third-order valence-corrected chi connectivity index (χ3v) is 1.84. The van der Waals surface area contributed by atoms with E-state index < -0.39 is 0 Å². The van der Waals surface area contributed by atoms with Crippen LogP contribution < -0.4 is 5.73 Å². The molecule has 0 saturated heterocycles. The van der Waals surface area contributed by atoms with Crippen LogP contribution in [0.3, 0.4) is 0 Å². The molecule has 0 aliphatic heterocycles. The van der Waals surface area contributed by atoms with Gasteiger partial charge in [-0.25, -0.2) is 0 Å². The summed E-state index contributed by atoms with van der Waals surface area (Å²) in [7, 11) is 0. The molecule has 0 bridgehead atoms. The maximum absolute atomic E-state index is 11.5. The number of rotatable bonds is 4. The van der Waals surface area contributed by atoms with Crippen molar-refractivity contribution in [2.45, 2.75) is 19.4 Å². The largest absolute Gasteiger partial charge is 0.325 e. The Balaban J connectivity index is 2.75. The van der Waals surface area contributed by atoms with E-state index in [-0.39, 0.29) is 5.78 Å². The second-order valence-corrected chi connectivity index (χ2v) is 2.87. The summed E-state index contributed by atoms with van der Waals surface area (Å²) in [5.41, 5.74) is 6.77. The Kier molecular flexibility index (Phi) is 3.84. The molecule has 1 heterocycles. The predicted octanol–water partition coefficient (Wildman–Crippen LogP) is 1.14. The molecule has 0 unspecified atom stereocenters. The van der Waals surface area contributed by atoms with Crippen molar-refractivity contribution in [1.82, 2.24) is 4.98 Å². The Bertz CT molecular complexity index is 366. The Morgan fingerprint density at radius 2 is 2.43 bits per heavy atom. The van der Waals surface area contributed by atoms with Crippen molar-refractivity contribution in [3.8, 4) is 12.3 Å². The number of carbonyl (C=O) groups excluding carboxylic acids is 1. The first-order valence-corrected chi connectivity index (χ1v) is 4.39. The van der Waals surface area contributed by atoms with E-state index in [1.165, 1.54) is 0 Å². The van der Waals surface area contributed by atoms with E-state index in [0.717, 1.165) is 5.69 Å². The molecule has 0 atom stereocenters. The van der Waals surface area contributed by atoms with Gasteiger partial charge in [-0.05, 0) is 12.1 Å². The zero-order chi connectivity index (χ0) is 10.4. The molecular formula is C11H12N2O. The third-order valence-electron chi connectivity index (χ3n) is 1.84. The van der Waals surface area contributed by atoms with Crippen molar-refractivity contribution >= 4 is 5.78 Å². The van der Waals surface area contributed by atoms with E-state index in [9.17, 15) is 4.79 Å². The molecule has 0 spiro atoms. The lowest BCUT2D eigenvalue weighted by molar-refractivity contribution is 0.0984. The zero-order valence-electron chi connectivity index (χ0n) is 7.86. The number of Topliss-reactive ketones (excluding diaryl/α,β-unsaturated/α-hetero) is 1. The smallest absolute Gasteiger partial charge is 0.163 e. The molecule has 72 valence electrons. The van der Waals surface area contributed by atoms with E-state index in [0.29, 0.717) is 24.9 Å². The van der Waals surface area contributed by atoms with Gasteiger partial charge in [-0.1, -0.05) is 0 Å². The van der Waals surface area contributed by atoms with Crippen molar-refractivity contribution in [2.75, 3.05) is 0 Å². The van der Waals surface area contributed by atoms with Crippen LogP contribution in [0.4, 0.5) is 0 Å². The SMILES string of the molecule is C#CCCC(=O)c1ccnc(CN)c1. The van der Waals surface area contributed by atoms with E-state index in [4.69, 9.17) is 12.2 Å². The van der Waals surface area contributed by atoms with Crippen LogP contribution in [0.25, 0.3) is 0 Å². The standard InChI is InChI=1S/C11H12N2O/c1-2-3-4-11(14)9-5-6-13-10(7-9)8-12/h1,5-7H,3-4,8,12H2. The van der Waals surface area contributed by atoms with Gasteiger partial charge in [0.25, 0.3) is 0 Å². The molecule has 0 radical (unpaired) electrons. The van der Waals surface area contributed by atoms with E-state index in [1.54, 1.807) is 18.3 Å². The molecule has 0 saturated carbocycles. The number of nitrogens with zero attached hydrogens (tertiary/aromatic N) is 1. The Labute approximate surface area is 83.3 Å². The van der Waals surface area contributed by atoms with Crippen molar-refractivity contribution in [3.63, 3.8) is 0 Å². The van der Waals surface area contributed by atoms with Gasteiger partial charge in [0.05, 0.1) is 5.69 Å². The number of hydrogen-bond acceptors (Lipinski definition) is 3. The van der Waals surface area contributed by atoms with Gasteiger partial charge in [0, 0.05) is 31.1 Å². The fraction of sp³-hybridized carbons (Fsp3) is 0.273. The molecule has 1 aromatic rings. The van der Waals surface area contributed by atoms with Gasteiger partial charge < -0.3 is 5.73 Å². The minimum atomic E-state index is 0.0417. The Hall–Kier alpha value is -1.66. The quantitative estimate of drug-likeness (QED) is 0.569. The fourth-order valence-corrected chi connectivity index (χ4v) is 1.09. The van der Waals surface area contributed by atoms with Gasteiger partial charge in [-0.3, -0.25) is 9.78 Å². The first-order chi connectivity index (χ1) is 6.77. The van der Waals surface area contributed by atoms with Crippen molar-refractivity contribution in [2.24, 2.45) is 5.73 Å². The summed E-state index contributed by atoms with van der Waals surface area (Å²) in [4.78, 5) is 15.5. The highest BCUT2D eigenvalue weighted by molar-refractivity contribution is 5.96. The van der Waals surface area contributed by atoms with Gasteiger partial charge >= 0.3 is 0 Å². The van der Waals surface area contributed by atoms with Gasteiger partial charge in [-0.15, -0.1) is 12.3 Å². The normalized spacial score (nSPS) is 9.43. The van der Waals surface area contributed by atoms with Crippen LogP contribution in [0.15, 0.2) is 18.3 Å². The van der Waals surface area contributed by atoms with Crippen molar-refractivity contribution in [1.29, 1.82) is 0 Å². The minimum Gasteiger partial charge on any atom is -0.325 e. The monoisotopic (exact) mass is 188 g/mol. The number of terminal acetylenes is 1. The lowest BCUT2D eigenvalue weighted by atomic mass is 10.1. The van der Waals surface area contributed by atoms with Crippen LogP contribution in [0.1, 0.15) is 28.9 Å². The van der Waals surface area contributed by atoms with Crippen LogP contribution in [-0.4, -0.2) is 10.8 Å². The van der Waals surface area contributed by atoms with E-state index >= 15 is 0 Å². The van der Waals surface area contributed by atoms with Gasteiger partial charge in [0.15, 0.2) is 5.78 Å². The maximum Gasteiger partial charge on any atom is 0.163 e. The molecule has 0 aromatic carbocycles. The van der Waals surface area contributed by atoms with Crippen molar-refractivity contribution < 1.29 is 4.79 Å². The van der Waals surface area contributed by atoms with Crippen LogP contribution in [0, 0.1) is 12.3 Å². The average Bonchev–Trinajstić information content (AvgIpc) is 2.26. The molecule has 0 fully saturated rings. The fourth-order valence-electron chi connectivity index (χ4n) is 1.09. The third kappa shape index (κ3) is 2.68. The summed E-state index contributed by atoms with van der Waals surface area (Å²) in [6, 6.07) is 3.39. The molecule has 3 heteroatoms. The minimum absolute atomic E-state index is 0.0417. The molecule has 0 aliphatic carbocycles. The Morgan fingerprint density at radius 1 is 1.64 bits per heavy atom. The molecule has 1 rings (SSSR count). The maximum atomic E-state index is 11.5. The highest BCUT2D eigenvalue weighted by Crippen LogP contribution is 2.06. The number of carbonyl (C=O) groups is 1. The molecule has 0 aliphatic rings. The topological polar surface area (TPSA) is 56.0 Å². The van der Waals surface area contributed by atoms with E-state index in [1.807, 2.05) is 0 Å². The number of ketones is 1. The molecule has 14 heavy (non-hydrogen) atoms. The second-order valence-electron chi connectivity index (χ2n) is 2.87. The highest BCUT2D eigenvalue weighted by atomic mass is 16.1. The van der Waals surface area contributed by atoms with Gasteiger partial charge in [0.1, 0.15) is 0 Å². The van der Waals surface area contributed by atoms with Crippen LogP contribution in [0.5, 0.6) is 0 Å². The second kappa shape index (κ2) is 5.15. The van der Waals surface area contributed by atoms with E-state index in [2.05, 4.69) is 10.9 Å². The number of aromatic nitrogens is 1. The summed E-state index contributed by atoms with van der Waals surface area (Å²) in [5.74, 6) is 2.48. The molecular weight excluding hydrogens is 176 g/mol. The summed E-state index contributed by atoms with van der Waals surface area (Å²) in [6.45, 7) is 0.344. The average molecular weight is 188 g/mol. The number of nitrogens with two attached hydrogens (primary N) is 1. The summed E-state index contributed by atoms with van der Waals surface area (Å²) in [5, 5.41) is 0. The summed E-state index contributed by atoms with van der Waals surface area (Å²) in [6.07, 6.45) is 7.52. The lowest BCUT2D eigenvalue weighted by Crippen LogP contribution is -2.04. The first-order valence-electron chi connectivity index (χ1n) is 4.39. The van der Waals surface area contributed by atoms with Crippen molar-refractivity contribution in [3.05, 3.63) is 29.6 Å². The lowest BCUT2D eigenvalue weighted by Gasteiger charge is -2.00. The molecule has 3 nitrogen and oxygen atoms in total. The van der Waals surface area contributed by atoms with Gasteiger partial charge in [0.2, 0.25) is 0 Å². The number of pyridine rings is 1.